The van der Waals surface area contributed by atoms with Crippen molar-refractivity contribution in [2.24, 2.45) is 0 Å². The summed E-state index contributed by atoms with van der Waals surface area (Å²) in [5.41, 5.74) is 2.51. The van der Waals surface area contributed by atoms with Crippen LogP contribution in [0.2, 0.25) is 0 Å². The van der Waals surface area contributed by atoms with Gasteiger partial charge in [0.05, 0.1) is 5.76 Å². The van der Waals surface area contributed by atoms with Crippen molar-refractivity contribution in [2.45, 2.75) is 26.2 Å². The van der Waals surface area contributed by atoms with E-state index in [9.17, 15) is 10.2 Å². The zero-order valence-corrected chi connectivity index (χ0v) is 14.7. The second-order valence-electron chi connectivity index (χ2n) is 5.69. The van der Waals surface area contributed by atoms with E-state index in [4.69, 9.17) is 0 Å². The van der Waals surface area contributed by atoms with E-state index in [2.05, 4.69) is 32.2 Å². The van der Waals surface area contributed by atoms with Crippen LogP contribution >= 0.6 is 0 Å². The summed E-state index contributed by atoms with van der Waals surface area (Å²) < 4.78 is 0. The van der Waals surface area contributed by atoms with Crippen molar-refractivity contribution in [3.8, 4) is 0 Å². The van der Waals surface area contributed by atoms with Crippen molar-refractivity contribution >= 4 is 0 Å². The van der Waals surface area contributed by atoms with E-state index in [0.29, 0.717) is 0 Å². The number of hydrogen-bond donors (Lipinski definition) is 2. The van der Waals surface area contributed by atoms with Gasteiger partial charge in [-0.15, -0.1) is 0 Å². The highest BCUT2D eigenvalue weighted by Gasteiger charge is 2.32. The fraction of sp³-hybridized carbons (Fsp3) is 0.182. The van der Waals surface area contributed by atoms with Crippen molar-refractivity contribution in [1.29, 1.82) is 0 Å². The molecule has 0 saturated carbocycles. The number of hydrogen-bond acceptors (Lipinski definition) is 2. The molecule has 2 heteroatoms. The third-order valence-corrected chi connectivity index (χ3v) is 4.00. The van der Waals surface area contributed by atoms with Gasteiger partial charge in [-0.05, 0) is 49.6 Å². The summed E-state index contributed by atoms with van der Waals surface area (Å²) in [5.74, 6) is 0.228. The minimum Gasteiger partial charge on any atom is -0.513 e. The maximum atomic E-state index is 9.51. The first kappa shape index (κ1) is 19.3. The fourth-order valence-corrected chi connectivity index (χ4v) is 2.66. The summed E-state index contributed by atoms with van der Waals surface area (Å²) in [6.45, 7) is 13.1. The molecule has 0 saturated heterocycles. The van der Waals surface area contributed by atoms with Crippen molar-refractivity contribution < 1.29 is 10.2 Å². The first-order chi connectivity index (χ1) is 11.4. The summed E-state index contributed by atoms with van der Waals surface area (Å²) in [4.78, 5) is 0. The third kappa shape index (κ3) is 4.63. The molecule has 0 aromatic heterocycles. The first-order valence-corrected chi connectivity index (χ1v) is 7.85. The molecular weight excluding hydrogens is 296 g/mol. The quantitative estimate of drug-likeness (QED) is 0.471. The van der Waals surface area contributed by atoms with Gasteiger partial charge in [-0.2, -0.15) is 0 Å². The van der Waals surface area contributed by atoms with Gasteiger partial charge in [-0.25, -0.2) is 0 Å². The molecule has 0 heterocycles. The minimum absolute atomic E-state index is 0.00000667. The summed E-state index contributed by atoms with van der Waals surface area (Å²) >= 11 is 0. The molecule has 1 unspecified atom stereocenters. The largest absolute Gasteiger partial charge is 0.513 e. The molecule has 0 spiro atoms. The Morgan fingerprint density at radius 1 is 1.04 bits per heavy atom. The van der Waals surface area contributed by atoms with Gasteiger partial charge < -0.3 is 10.2 Å². The molecule has 0 bridgehead atoms. The zero-order valence-electron chi connectivity index (χ0n) is 14.7. The standard InChI is InChI=1S/C22H26O2/c1-6-19(15-13-17(3)23)22(5,21-11-9-8-10-12-21)20(7-2)16-14-18(4)24/h6-16,23-24H,1,4H2,2-3,5H3/b16-14-,17-13+,19-15+,20-7+. The molecule has 0 aliphatic carbocycles. The molecule has 126 valence electrons. The van der Waals surface area contributed by atoms with Gasteiger partial charge in [0.1, 0.15) is 5.76 Å². The van der Waals surface area contributed by atoms with Crippen LogP contribution in [0, 0.1) is 0 Å². The van der Waals surface area contributed by atoms with Crippen LogP contribution in [0.1, 0.15) is 26.3 Å². The number of benzene rings is 1. The van der Waals surface area contributed by atoms with E-state index in [1.807, 2.05) is 43.4 Å². The molecule has 0 aliphatic heterocycles. The normalized spacial score (nSPS) is 16.0. The lowest BCUT2D eigenvalue weighted by atomic mass is 9.69. The predicted molar refractivity (Wildman–Crippen MR) is 103 cm³/mol. The average Bonchev–Trinajstić information content (AvgIpc) is 2.56. The average molecular weight is 322 g/mol. The van der Waals surface area contributed by atoms with E-state index in [-0.39, 0.29) is 11.5 Å². The van der Waals surface area contributed by atoms with Crippen molar-refractivity contribution in [2.75, 3.05) is 0 Å². The highest BCUT2D eigenvalue weighted by molar-refractivity contribution is 5.54. The van der Waals surface area contributed by atoms with E-state index in [1.54, 1.807) is 25.2 Å². The lowest BCUT2D eigenvalue weighted by molar-refractivity contribution is 0.414. The van der Waals surface area contributed by atoms with Crippen LogP contribution in [0.25, 0.3) is 0 Å². The van der Waals surface area contributed by atoms with Crippen LogP contribution < -0.4 is 0 Å². The second kappa shape index (κ2) is 8.78. The van der Waals surface area contributed by atoms with Crippen molar-refractivity contribution in [3.05, 3.63) is 108 Å². The maximum Gasteiger partial charge on any atom is 0.108 e. The number of aliphatic hydroxyl groups excluding tert-OH is 2. The Kier molecular flexibility index (Phi) is 7.06. The molecule has 2 N–H and O–H groups in total. The smallest absolute Gasteiger partial charge is 0.108 e. The van der Waals surface area contributed by atoms with Crippen LogP contribution in [0.3, 0.4) is 0 Å². The highest BCUT2D eigenvalue weighted by atomic mass is 16.3. The topological polar surface area (TPSA) is 40.5 Å². The van der Waals surface area contributed by atoms with Gasteiger partial charge in [0.25, 0.3) is 0 Å². The molecule has 0 amide bonds. The summed E-state index contributed by atoms with van der Waals surface area (Å²) in [6.07, 6.45) is 10.7. The third-order valence-electron chi connectivity index (χ3n) is 4.00. The molecule has 0 aliphatic rings. The summed E-state index contributed by atoms with van der Waals surface area (Å²) in [6, 6.07) is 10.1. The van der Waals surface area contributed by atoms with E-state index in [1.165, 1.54) is 0 Å². The Hall–Kier alpha value is -2.74. The van der Waals surface area contributed by atoms with Crippen LogP contribution in [-0.2, 0) is 5.41 Å². The van der Waals surface area contributed by atoms with E-state index in [0.717, 1.165) is 16.7 Å². The highest BCUT2D eigenvalue weighted by Crippen LogP contribution is 2.40. The van der Waals surface area contributed by atoms with Crippen LogP contribution in [-0.4, -0.2) is 10.2 Å². The van der Waals surface area contributed by atoms with Gasteiger partial charge in [0.15, 0.2) is 0 Å². The SMILES string of the molecule is C=C/C(=C\C=C(/C)O)C(C)(C(/C=C\C(=C)O)=C/C)c1ccccc1. The molecule has 1 aromatic carbocycles. The van der Waals surface area contributed by atoms with Gasteiger partial charge in [-0.3, -0.25) is 0 Å². The van der Waals surface area contributed by atoms with Crippen molar-refractivity contribution in [3.63, 3.8) is 0 Å². The predicted octanol–water partition coefficient (Wildman–Crippen LogP) is 6.09. The molecule has 1 rings (SSSR count). The minimum atomic E-state index is -0.490. The Bertz CT molecular complexity index is 699. The maximum absolute atomic E-state index is 9.51. The van der Waals surface area contributed by atoms with Gasteiger partial charge in [-0.1, -0.05) is 67.8 Å². The van der Waals surface area contributed by atoms with Crippen LogP contribution in [0.4, 0.5) is 0 Å². The first-order valence-electron chi connectivity index (χ1n) is 7.85. The Labute approximate surface area is 145 Å². The molecule has 0 radical (unpaired) electrons. The van der Waals surface area contributed by atoms with E-state index < -0.39 is 5.41 Å². The number of rotatable bonds is 7. The molecule has 1 aromatic rings. The molecule has 0 fully saturated rings. The molecule has 2 nitrogen and oxygen atoms in total. The van der Waals surface area contributed by atoms with Gasteiger partial charge in [0.2, 0.25) is 0 Å². The zero-order chi connectivity index (χ0) is 18.2. The summed E-state index contributed by atoms with van der Waals surface area (Å²) in [7, 11) is 0. The lowest BCUT2D eigenvalue weighted by Gasteiger charge is -2.33. The number of aliphatic hydroxyl groups is 2. The molecule has 1 atom stereocenters. The monoisotopic (exact) mass is 322 g/mol. The lowest BCUT2D eigenvalue weighted by Crippen LogP contribution is -2.26. The Balaban J connectivity index is 3.63. The van der Waals surface area contributed by atoms with Gasteiger partial charge in [0, 0.05) is 5.41 Å². The Morgan fingerprint density at radius 2 is 1.67 bits per heavy atom. The molecular formula is C22H26O2. The number of allylic oxidation sites excluding steroid dienone is 9. The Morgan fingerprint density at radius 3 is 2.12 bits per heavy atom. The second-order valence-corrected chi connectivity index (χ2v) is 5.69. The van der Waals surface area contributed by atoms with Crippen LogP contribution in [0.5, 0.6) is 0 Å². The fourth-order valence-electron chi connectivity index (χ4n) is 2.66. The summed E-state index contributed by atoms with van der Waals surface area (Å²) in [5, 5.41) is 18.9. The van der Waals surface area contributed by atoms with Crippen molar-refractivity contribution in [1.82, 2.24) is 0 Å². The van der Waals surface area contributed by atoms with E-state index >= 15 is 0 Å². The van der Waals surface area contributed by atoms with Gasteiger partial charge >= 0.3 is 0 Å². The molecule has 24 heavy (non-hydrogen) atoms. The van der Waals surface area contributed by atoms with Crippen LogP contribution in [0.15, 0.2) is 103 Å².